The molecule has 4 saturated heterocycles. The Kier molecular flexibility index (Phi) is 22.8. The molecule has 31 heteroatoms. The fourth-order valence-corrected chi connectivity index (χ4v) is 18.2. The van der Waals surface area contributed by atoms with Crippen LogP contribution < -0.4 is 60.0 Å². The number of piperidine rings is 1. The summed E-state index contributed by atoms with van der Waals surface area (Å²) in [6, 6.07) is 20.0. The fraction of sp³-hybridized carbons (Fsp3) is 0.475. The summed E-state index contributed by atoms with van der Waals surface area (Å²) in [7, 11) is 12.4. The first kappa shape index (κ1) is 77.9. The minimum atomic E-state index is -0.121. The molecule has 586 valence electrons. The number of amides is 3. The molecule has 0 saturated carbocycles. The lowest BCUT2D eigenvalue weighted by Gasteiger charge is -2.42. The van der Waals surface area contributed by atoms with E-state index in [1.54, 1.807) is 33.3 Å². The van der Waals surface area contributed by atoms with Crippen molar-refractivity contribution >= 4 is 153 Å². The number of likely N-dealkylation sites (N-methyl/N-ethyl adjacent to an activating group) is 3. The number of aromatic nitrogens is 9. The standard InChI is InChI=1S/C30H41N9OS.2C25H32N8OS/c1-19(2)39-25-18-31-30(34-27(25)36(6)29-26(28(39)40)32-21(4)41-29)33-24-8-7-23(17-20(24)3)37-11-9-22(10-12-37)38-15-13-35(5)14-16-38;1-15(2)33-20-14-26-25(29-22(20)31(6)24-21(23(33)34)27-17(4)35-24)28-19-8-7-18(13-16(19)3)32-11-9-30(5)10-12-32;1-15(2)33-20-14-26-25(29-22(20)31(6)24-21(23(33)34)27-17(4)35-24)28-18-7-8-19(16(3)13-18)32-11-9-30(5)10-12-32/h7-8,17-19,22H,9-16H2,1-6H3,(H,31,33,34);2*7-8,13-15H,9-12H2,1-6H3,(H,26,28,29). The Morgan fingerprint density at radius 2 is 0.730 bits per heavy atom. The number of hydrogen-bond acceptors (Lipinski definition) is 28. The second-order valence-electron chi connectivity index (χ2n) is 30.9. The van der Waals surface area contributed by atoms with Gasteiger partial charge >= 0.3 is 0 Å². The minimum absolute atomic E-state index is 0.0604. The molecule has 3 aromatic carbocycles. The van der Waals surface area contributed by atoms with E-state index in [1.165, 1.54) is 95.7 Å². The second-order valence-corrected chi connectivity index (χ2v) is 34.4. The van der Waals surface area contributed by atoms with E-state index >= 15 is 0 Å². The molecule has 4 fully saturated rings. The van der Waals surface area contributed by atoms with Crippen LogP contribution in [0.5, 0.6) is 0 Å². The minimum Gasteiger partial charge on any atom is -0.371 e. The molecule has 16 rings (SSSR count). The zero-order chi connectivity index (χ0) is 78.5. The average Bonchev–Trinajstić information content (AvgIpc) is 1.61. The van der Waals surface area contributed by atoms with Crippen LogP contribution in [0.1, 0.15) is 118 Å². The molecule has 3 N–H and O–H groups in total. The average molecular weight is 1560 g/mol. The van der Waals surface area contributed by atoms with E-state index in [4.69, 9.17) is 15.0 Å². The zero-order valence-corrected chi connectivity index (χ0v) is 69.8. The lowest BCUT2D eigenvalue weighted by atomic mass is 10.0. The first-order valence-corrected chi connectivity index (χ1v) is 41.0. The molecular formula is C80H105N25O3S3. The summed E-state index contributed by atoms with van der Waals surface area (Å²) in [5.41, 5.74) is 13.6. The number of hydrogen-bond donors (Lipinski definition) is 3. The smallest absolute Gasteiger partial charge is 0.280 e. The number of nitrogens with zero attached hydrogens (tertiary/aromatic N) is 22. The monoisotopic (exact) mass is 1560 g/mol. The van der Waals surface area contributed by atoms with Crippen LogP contribution in [0.2, 0.25) is 0 Å². The number of nitrogens with one attached hydrogen (secondary N) is 3. The number of carbonyl (C=O) groups is 3. The van der Waals surface area contributed by atoms with Gasteiger partial charge in [-0.2, -0.15) is 15.0 Å². The Morgan fingerprint density at radius 1 is 0.378 bits per heavy atom. The van der Waals surface area contributed by atoms with Crippen LogP contribution in [0.25, 0.3) is 0 Å². The van der Waals surface area contributed by atoms with Gasteiger partial charge in [0.25, 0.3) is 17.7 Å². The first-order chi connectivity index (χ1) is 53.1. The number of rotatable bonds is 13. The normalized spacial score (nSPS) is 17.4. The van der Waals surface area contributed by atoms with Crippen LogP contribution in [0.15, 0.2) is 73.2 Å². The number of carbonyl (C=O) groups excluding carboxylic acids is 3. The topological polar surface area (TPSA) is 245 Å². The molecule has 0 atom stereocenters. The van der Waals surface area contributed by atoms with Crippen LogP contribution in [0.3, 0.4) is 0 Å². The van der Waals surface area contributed by atoms with E-state index in [2.05, 4.69) is 177 Å². The number of fused-ring (bicyclic) bond motifs is 6. The molecule has 7 aliphatic heterocycles. The molecule has 7 aliphatic rings. The van der Waals surface area contributed by atoms with Crippen molar-refractivity contribution in [1.82, 2.24) is 64.5 Å². The Morgan fingerprint density at radius 3 is 1.09 bits per heavy atom. The van der Waals surface area contributed by atoms with Crippen LogP contribution in [0.4, 0.5) is 101 Å². The van der Waals surface area contributed by atoms with Gasteiger partial charge in [-0.15, -0.1) is 34.0 Å². The molecule has 0 aliphatic carbocycles. The molecule has 13 heterocycles. The van der Waals surface area contributed by atoms with Crippen molar-refractivity contribution in [3.05, 3.63) is 122 Å². The third-order valence-corrected chi connectivity index (χ3v) is 25.0. The van der Waals surface area contributed by atoms with E-state index < -0.39 is 0 Å². The molecule has 111 heavy (non-hydrogen) atoms. The molecule has 0 radical (unpaired) electrons. The third kappa shape index (κ3) is 16.2. The lowest BCUT2D eigenvalue weighted by Crippen LogP contribution is -2.52. The summed E-state index contributed by atoms with van der Waals surface area (Å²) in [6.45, 7) is 39.5. The van der Waals surface area contributed by atoms with Crippen molar-refractivity contribution in [2.75, 3.05) is 194 Å². The van der Waals surface area contributed by atoms with E-state index in [0.717, 1.165) is 124 Å². The van der Waals surface area contributed by atoms with E-state index in [-0.39, 0.29) is 35.8 Å². The quantitative estimate of drug-likeness (QED) is 0.0971. The van der Waals surface area contributed by atoms with Gasteiger partial charge in [0.15, 0.2) is 34.5 Å². The summed E-state index contributed by atoms with van der Waals surface area (Å²) >= 11 is 4.50. The second kappa shape index (κ2) is 32.5. The van der Waals surface area contributed by atoms with Crippen LogP contribution in [-0.4, -0.2) is 240 Å². The Hall–Kier alpha value is -9.76. The predicted molar refractivity (Wildman–Crippen MR) is 454 cm³/mol. The molecule has 0 spiro atoms. The zero-order valence-electron chi connectivity index (χ0n) is 67.3. The van der Waals surface area contributed by atoms with E-state index in [0.29, 0.717) is 75.5 Å². The summed E-state index contributed by atoms with van der Waals surface area (Å²) in [6.07, 6.45) is 7.65. The lowest BCUT2D eigenvalue weighted by molar-refractivity contribution is 0.0969. The molecule has 0 unspecified atom stereocenters. The highest BCUT2D eigenvalue weighted by atomic mass is 32.1. The van der Waals surface area contributed by atoms with Gasteiger partial charge in [0.1, 0.15) is 32.1 Å². The van der Waals surface area contributed by atoms with Gasteiger partial charge in [0.05, 0.1) is 33.6 Å². The molecule has 6 aromatic heterocycles. The highest BCUT2D eigenvalue weighted by Gasteiger charge is 2.40. The Balaban J connectivity index is 0.000000139. The van der Waals surface area contributed by atoms with Gasteiger partial charge in [-0.1, -0.05) is 0 Å². The first-order valence-electron chi connectivity index (χ1n) is 38.6. The number of thiazole rings is 3. The third-order valence-electron chi connectivity index (χ3n) is 21.8. The van der Waals surface area contributed by atoms with Gasteiger partial charge in [-0.25, -0.2) is 29.9 Å². The summed E-state index contributed by atoms with van der Waals surface area (Å²) in [5.74, 6) is 3.17. The van der Waals surface area contributed by atoms with Gasteiger partial charge in [0.2, 0.25) is 17.8 Å². The number of aryl methyl sites for hydroxylation is 6. The summed E-state index contributed by atoms with van der Waals surface area (Å²) in [5, 5.41) is 15.2. The van der Waals surface area contributed by atoms with Gasteiger partial charge in [-0.3, -0.25) is 34.0 Å². The predicted octanol–water partition coefficient (Wildman–Crippen LogP) is 13.0. The number of anilines is 18. The Bertz CT molecular complexity index is 4910. The highest BCUT2D eigenvalue weighted by Crippen LogP contribution is 2.47. The summed E-state index contributed by atoms with van der Waals surface area (Å²) in [4.78, 5) is 110. The van der Waals surface area contributed by atoms with Crippen molar-refractivity contribution in [3.63, 3.8) is 0 Å². The molecule has 3 amide bonds. The highest BCUT2D eigenvalue weighted by molar-refractivity contribution is 7.17. The summed E-state index contributed by atoms with van der Waals surface area (Å²) < 4.78 is 0. The Labute approximate surface area is 664 Å². The van der Waals surface area contributed by atoms with E-state index in [1.807, 2.05) is 98.2 Å². The van der Waals surface area contributed by atoms with Crippen molar-refractivity contribution < 1.29 is 14.4 Å². The van der Waals surface area contributed by atoms with Gasteiger partial charge < -0.3 is 60.0 Å². The van der Waals surface area contributed by atoms with Crippen LogP contribution in [-0.2, 0) is 0 Å². The maximum absolute atomic E-state index is 13.5. The van der Waals surface area contributed by atoms with E-state index in [9.17, 15) is 14.4 Å². The van der Waals surface area contributed by atoms with Crippen molar-refractivity contribution in [2.45, 2.75) is 120 Å². The molecule has 9 aromatic rings. The van der Waals surface area contributed by atoms with Gasteiger partial charge in [0, 0.05) is 171 Å². The maximum atomic E-state index is 13.5. The molecular weight excluding hydrogens is 1460 g/mol. The largest absolute Gasteiger partial charge is 0.371 e. The van der Waals surface area contributed by atoms with Crippen LogP contribution in [0, 0.1) is 41.5 Å². The maximum Gasteiger partial charge on any atom is 0.280 e. The number of benzene rings is 3. The van der Waals surface area contributed by atoms with Crippen molar-refractivity contribution in [1.29, 1.82) is 0 Å². The van der Waals surface area contributed by atoms with Crippen molar-refractivity contribution in [2.24, 2.45) is 0 Å². The van der Waals surface area contributed by atoms with Crippen molar-refractivity contribution in [3.8, 4) is 0 Å². The van der Waals surface area contributed by atoms with Crippen LogP contribution >= 0.6 is 34.0 Å². The molecule has 28 nitrogen and oxygen atoms in total. The molecule has 0 bridgehead atoms. The number of piperazine rings is 3. The van der Waals surface area contributed by atoms with Gasteiger partial charge in [-0.05, 0) is 188 Å². The SMILES string of the molecule is Cc1nc2c(s1)N(C)c1nc(Nc3ccc(N4CCC(N5CCN(C)CC5)CC4)cc3C)ncc1N(C(C)C)C2=O.Cc1nc2c(s1)N(C)c1nc(Nc3ccc(N4CCN(C)CC4)c(C)c3)ncc1N(C(C)C)C2=O.Cc1nc2c(s1)N(C)c1nc(Nc3ccc(N4CCN(C)CC4)cc3C)ncc1N(C(C)C)C2=O. The fourth-order valence-electron chi connectivity index (χ4n) is 15.6.